The maximum Gasteiger partial charge on any atom is 0.325 e. The van der Waals surface area contributed by atoms with Crippen molar-refractivity contribution < 1.29 is 14.3 Å². The van der Waals surface area contributed by atoms with E-state index in [9.17, 15) is 9.59 Å². The molecule has 0 spiro atoms. The van der Waals surface area contributed by atoms with Gasteiger partial charge < -0.3 is 10.1 Å². The number of amides is 1. The van der Waals surface area contributed by atoms with Crippen LogP contribution >= 0.6 is 11.6 Å². The fourth-order valence-corrected chi connectivity index (χ4v) is 2.87. The lowest BCUT2D eigenvalue weighted by Crippen LogP contribution is -2.31. The molecule has 0 bridgehead atoms. The zero-order valence-corrected chi connectivity index (χ0v) is 14.8. The third-order valence-electron chi connectivity index (χ3n) is 4.01. The topological polar surface area (TPSA) is 55.4 Å². The number of carbonyl (C=O) groups is 2. The second-order valence-corrected chi connectivity index (χ2v) is 6.25. The van der Waals surface area contributed by atoms with Gasteiger partial charge in [-0.15, -0.1) is 0 Å². The van der Waals surface area contributed by atoms with Crippen molar-refractivity contribution in [3.8, 4) is 0 Å². The molecule has 0 aliphatic carbocycles. The predicted molar refractivity (Wildman–Crippen MR) is 102 cm³/mol. The molecule has 0 saturated heterocycles. The van der Waals surface area contributed by atoms with Crippen LogP contribution in [0, 0.1) is 0 Å². The number of ether oxygens (including phenoxy) is 1. The van der Waals surface area contributed by atoms with Gasteiger partial charge in [-0.05, 0) is 22.4 Å². The van der Waals surface area contributed by atoms with Crippen LogP contribution in [0.4, 0.5) is 0 Å². The highest BCUT2D eigenvalue weighted by Crippen LogP contribution is 2.19. The molecule has 0 aliphatic heterocycles. The Morgan fingerprint density at radius 2 is 1.58 bits per heavy atom. The van der Waals surface area contributed by atoms with Gasteiger partial charge in [0, 0.05) is 10.6 Å². The number of nitrogens with one attached hydrogen (secondary N) is 1. The maximum absolute atomic E-state index is 12.1. The van der Waals surface area contributed by atoms with E-state index in [-0.39, 0.29) is 25.5 Å². The van der Waals surface area contributed by atoms with Crippen molar-refractivity contribution in [2.75, 3.05) is 6.54 Å². The number of esters is 1. The van der Waals surface area contributed by atoms with Gasteiger partial charge in [-0.2, -0.15) is 0 Å². The number of carbonyl (C=O) groups excluding carboxylic acids is 2. The van der Waals surface area contributed by atoms with E-state index >= 15 is 0 Å². The third-order valence-corrected chi connectivity index (χ3v) is 4.38. The molecule has 26 heavy (non-hydrogen) atoms. The number of benzene rings is 3. The minimum absolute atomic E-state index is 0.0811. The molecule has 3 aromatic rings. The van der Waals surface area contributed by atoms with Crippen LogP contribution in [0.3, 0.4) is 0 Å². The van der Waals surface area contributed by atoms with E-state index in [4.69, 9.17) is 16.3 Å². The van der Waals surface area contributed by atoms with Gasteiger partial charge in [0.25, 0.3) is 0 Å². The van der Waals surface area contributed by atoms with Crippen LogP contribution in [0.15, 0.2) is 66.7 Å². The Kier molecular flexibility index (Phi) is 5.87. The highest BCUT2D eigenvalue weighted by molar-refractivity contribution is 6.31. The standard InChI is InChI=1S/C21H18ClNO3/c22-19-11-4-2-7-17(19)14-26-21(25)13-23-20(24)12-16-9-5-8-15-6-1-3-10-18(15)16/h1-11H,12-14H2,(H,23,24). The van der Waals surface area contributed by atoms with Crippen LogP contribution in [-0.4, -0.2) is 18.4 Å². The van der Waals surface area contributed by atoms with Crippen LogP contribution in [0.5, 0.6) is 0 Å². The Hall–Kier alpha value is -2.85. The van der Waals surface area contributed by atoms with Crippen molar-refractivity contribution in [2.24, 2.45) is 0 Å². The van der Waals surface area contributed by atoms with Gasteiger partial charge in [0.2, 0.25) is 5.91 Å². The third kappa shape index (κ3) is 4.61. The lowest BCUT2D eigenvalue weighted by Gasteiger charge is -2.09. The summed E-state index contributed by atoms with van der Waals surface area (Å²) in [7, 11) is 0. The Balaban J connectivity index is 1.50. The summed E-state index contributed by atoms with van der Waals surface area (Å²) in [6.07, 6.45) is 0.207. The lowest BCUT2D eigenvalue weighted by molar-refractivity contribution is -0.145. The second kappa shape index (κ2) is 8.50. The van der Waals surface area contributed by atoms with Gasteiger partial charge in [-0.3, -0.25) is 9.59 Å². The fraction of sp³-hybridized carbons (Fsp3) is 0.143. The molecular weight excluding hydrogens is 350 g/mol. The van der Waals surface area contributed by atoms with E-state index < -0.39 is 5.97 Å². The summed E-state index contributed by atoms with van der Waals surface area (Å²) < 4.78 is 5.14. The average molecular weight is 368 g/mol. The molecule has 0 saturated carbocycles. The van der Waals surface area contributed by atoms with E-state index in [1.54, 1.807) is 18.2 Å². The number of halogens is 1. The summed E-state index contributed by atoms with van der Waals surface area (Å²) in [6.45, 7) is -0.0915. The van der Waals surface area contributed by atoms with Crippen molar-refractivity contribution in [3.05, 3.63) is 82.9 Å². The molecular formula is C21H18ClNO3. The highest BCUT2D eigenvalue weighted by atomic mass is 35.5. The summed E-state index contributed by atoms with van der Waals surface area (Å²) in [5.41, 5.74) is 1.65. The van der Waals surface area contributed by atoms with Crippen molar-refractivity contribution in [3.63, 3.8) is 0 Å². The Bertz CT molecular complexity index is 934. The molecule has 0 unspecified atom stereocenters. The zero-order chi connectivity index (χ0) is 18.4. The van der Waals surface area contributed by atoms with Crippen molar-refractivity contribution in [2.45, 2.75) is 13.0 Å². The van der Waals surface area contributed by atoms with Gasteiger partial charge in [0.05, 0.1) is 6.42 Å². The molecule has 1 amide bonds. The summed E-state index contributed by atoms with van der Waals surface area (Å²) >= 11 is 6.01. The fourth-order valence-electron chi connectivity index (χ4n) is 2.68. The molecule has 0 radical (unpaired) electrons. The summed E-state index contributed by atoms with van der Waals surface area (Å²) in [4.78, 5) is 24.0. The van der Waals surface area contributed by atoms with Crippen LogP contribution in [0.2, 0.25) is 5.02 Å². The molecule has 1 N–H and O–H groups in total. The van der Waals surface area contributed by atoms with Gasteiger partial charge in [-0.1, -0.05) is 72.3 Å². The molecule has 0 aliphatic rings. The van der Waals surface area contributed by atoms with Crippen LogP contribution < -0.4 is 5.32 Å². The molecule has 0 fully saturated rings. The summed E-state index contributed by atoms with van der Waals surface area (Å²) in [6, 6.07) is 20.9. The molecule has 5 heteroatoms. The van der Waals surface area contributed by atoms with E-state index in [1.807, 2.05) is 48.5 Å². The normalized spacial score (nSPS) is 10.5. The first kappa shape index (κ1) is 18.0. The smallest absolute Gasteiger partial charge is 0.325 e. The van der Waals surface area contributed by atoms with E-state index in [0.717, 1.165) is 21.9 Å². The first-order valence-electron chi connectivity index (χ1n) is 8.26. The first-order chi connectivity index (χ1) is 12.6. The quantitative estimate of drug-likeness (QED) is 0.672. The second-order valence-electron chi connectivity index (χ2n) is 5.84. The minimum atomic E-state index is -0.504. The maximum atomic E-state index is 12.1. The monoisotopic (exact) mass is 367 g/mol. The number of hydrogen-bond acceptors (Lipinski definition) is 3. The minimum Gasteiger partial charge on any atom is -0.459 e. The van der Waals surface area contributed by atoms with Gasteiger partial charge >= 0.3 is 5.97 Å². The molecule has 0 atom stereocenters. The lowest BCUT2D eigenvalue weighted by atomic mass is 10.0. The SMILES string of the molecule is O=C(Cc1cccc2ccccc12)NCC(=O)OCc1ccccc1Cl. The highest BCUT2D eigenvalue weighted by Gasteiger charge is 2.10. The Morgan fingerprint density at radius 1 is 0.885 bits per heavy atom. The molecule has 4 nitrogen and oxygen atoms in total. The van der Waals surface area contributed by atoms with E-state index in [2.05, 4.69) is 5.32 Å². The molecule has 0 heterocycles. The first-order valence-corrected chi connectivity index (χ1v) is 8.63. The predicted octanol–water partition coefficient (Wildman–Crippen LogP) is 3.90. The summed E-state index contributed by atoms with van der Waals surface area (Å²) in [5.74, 6) is -0.729. The van der Waals surface area contributed by atoms with Gasteiger partial charge in [0.1, 0.15) is 13.2 Å². The van der Waals surface area contributed by atoms with Crippen molar-refractivity contribution in [1.29, 1.82) is 0 Å². The number of hydrogen-bond donors (Lipinski definition) is 1. The molecule has 0 aromatic heterocycles. The Morgan fingerprint density at radius 3 is 2.42 bits per heavy atom. The Labute approximate surface area is 156 Å². The average Bonchev–Trinajstić information content (AvgIpc) is 2.66. The van der Waals surface area contributed by atoms with Gasteiger partial charge in [0.15, 0.2) is 0 Å². The van der Waals surface area contributed by atoms with Crippen molar-refractivity contribution in [1.82, 2.24) is 5.32 Å². The largest absolute Gasteiger partial charge is 0.459 e. The number of fused-ring (bicyclic) bond motifs is 1. The molecule has 3 aromatic carbocycles. The molecule has 3 rings (SSSR count). The molecule has 132 valence electrons. The van der Waals surface area contributed by atoms with Crippen molar-refractivity contribution >= 4 is 34.2 Å². The van der Waals surface area contributed by atoms with E-state index in [1.165, 1.54) is 0 Å². The van der Waals surface area contributed by atoms with Crippen LogP contribution in [0.25, 0.3) is 10.8 Å². The zero-order valence-electron chi connectivity index (χ0n) is 14.1. The van der Waals surface area contributed by atoms with Crippen LogP contribution in [-0.2, 0) is 27.4 Å². The van der Waals surface area contributed by atoms with E-state index in [0.29, 0.717) is 5.02 Å². The number of rotatable bonds is 6. The van der Waals surface area contributed by atoms with Gasteiger partial charge in [-0.25, -0.2) is 0 Å². The van der Waals surface area contributed by atoms with Crippen LogP contribution in [0.1, 0.15) is 11.1 Å². The summed E-state index contributed by atoms with van der Waals surface area (Å²) in [5, 5.41) is 5.26.